The van der Waals surface area contributed by atoms with E-state index in [9.17, 15) is 9.59 Å². The number of nitrogens with one attached hydrogen (secondary N) is 1. The Kier molecular flexibility index (Phi) is 4.37. The second-order valence-corrected chi connectivity index (χ2v) is 5.54. The standard InChI is InChI=1S/C13H25N3O2/c1-6-15-11(17)13(4,14-12(15)18)9-10-16(5,7-2)8-3/h6-10H2,1-5H3/p+1/t13-/m1/s1. The number of hydrogen-bond acceptors (Lipinski definition) is 2. The van der Waals surface area contributed by atoms with E-state index in [4.69, 9.17) is 0 Å². The molecule has 5 heteroatoms. The van der Waals surface area contributed by atoms with E-state index in [2.05, 4.69) is 26.2 Å². The van der Waals surface area contributed by atoms with Crippen LogP contribution in [0.4, 0.5) is 4.79 Å². The number of carbonyl (C=O) groups is 2. The Morgan fingerprint density at radius 3 is 2.17 bits per heavy atom. The van der Waals surface area contributed by atoms with Crippen LogP contribution in [-0.4, -0.2) is 60.1 Å². The first-order valence-corrected chi connectivity index (χ1v) is 6.79. The lowest BCUT2D eigenvalue weighted by molar-refractivity contribution is -0.906. The summed E-state index contributed by atoms with van der Waals surface area (Å²) in [5.41, 5.74) is -0.725. The molecule has 0 saturated carbocycles. The van der Waals surface area contributed by atoms with Crippen LogP contribution >= 0.6 is 0 Å². The molecule has 1 rings (SSSR count). The van der Waals surface area contributed by atoms with Crippen molar-refractivity contribution in [2.75, 3.05) is 33.2 Å². The molecule has 0 bridgehead atoms. The molecule has 0 aromatic heterocycles. The molecule has 1 atom stereocenters. The van der Waals surface area contributed by atoms with Gasteiger partial charge >= 0.3 is 6.03 Å². The Morgan fingerprint density at radius 2 is 1.78 bits per heavy atom. The molecule has 1 aliphatic rings. The second-order valence-electron chi connectivity index (χ2n) is 5.54. The fraction of sp³-hybridized carbons (Fsp3) is 0.846. The number of imide groups is 1. The van der Waals surface area contributed by atoms with Crippen molar-refractivity contribution < 1.29 is 14.1 Å². The van der Waals surface area contributed by atoms with Gasteiger partial charge in [-0.1, -0.05) is 0 Å². The highest BCUT2D eigenvalue weighted by atomic mass is 16.2. The quantitative estimate of drug-likeness (QED) is 0.573. The van der Waals surface area contributed by atoms with Gasteiger partial charge in [0.25, 0.3) is 5.91 Å². The first-order chi connectivity index (χ1) is 8.32. The molecule has 0 spiro atoms. The van der Waals surface area contributed by atoms with Gasteiger partial charge in [-0.15, -0.1) is 0 Å². The van der Waals surface area contributed by atoms with Crippen molar-refractivity contribution in [2.45, 2.75) is 39.7 Å². The third kappa shape index (κ3) is 2.66. The first-order valence-electron chi connectivity index (χ1n) is 6.79. The number of urea groups is 1. The number of hydrogen-bond donors (Lipinski definition) is 1. The predicted octanol–water partition coefficient (Wildman–Crippen LogP) is 1.19. The molecule has 1 N–H and O–H groups in total. The van der Waals surface area contributed by atoms with Crippen LogP contribution < -0.4 is 5.32 Å². The number of quaternary nitrogens is 1. The van der Waals surface area contributed by atoms with Gasteiger partial charge in [-0.05, 0) is 27.7 Å². The van der Waals surface area contributed by atoms with Crippen LogP contribution in [0.3, 0.4) is 0 Å². The van der Waals surface area contributed by atoms with E-state index in [0.29, 0.717) is 13.0 Å². The van der Waals surface area contributed by atoms with Gasteiger partial charge in [0.2, 0.25) is 0 Å². The average Bonchev–Trinajstić information content (AvgIpc) is 2.57. The van der Waals surface area contributed by atoms with Crippen molar-refractivity contribution in [3.8, 4) is 0 Å². The molecule has 0 unspecified atom stereocenters. The first kappa shape index (κ1) is 15.0. The van der Waals surface area contributed by atoms with Gasteiger partial charge in [-0.25, -0.2) is 4.79 Å². The van der Waals surface area contributed by atoms with E-state index in [-0.39, 0.29) is 11.9 Å². The minimum atomic E-state index is -0.725. The van der Waals surface area contributed by atoms with Crippen LogP contribution in [-0.2, 0) is 4.79 Å². The van der Waals surface area contributed by atoms with E-state index in [1.54, 1.807) is 0 Å². The molecule has 18 heavy (non-hydrogen) atoms. The number of rotatable bonds is 6. The van der Waals surface area contributed by atoms with Gasteiger partial charge < -0.3 is 9.80 Å². The SMILES string of the molecule is CCN1C(=O)N[C@](C)(CC[N+](C)(CC)CC)C1=O. The van der Waals surface area contributed by atoms with Gasteiger partial charge in [-0.2, -0.15) is 0 Å². The summed E-state index contributed by atoms with van der Waals surface area (Å²) in [6.07, 6.45) is 0.687. The lowest BCUT2D eigenvalue weighted by atomic mass is 9.97. The minimum absolute atomic E-state index is 0.0891. The molecule has 1 saturated heterocycles. The summed E-state index contributed by atoms with van der Waals surface area (Å²) in [6, 6.07) is -0.257. The molecule has 3 amide bonds. The molecule has 1 heterocycles. The number of likely N-dealkylation sites (N-methyl/N-ethyl adjacent to an activating group) is 1. The Bertz CT molecular complexity index is 339. The van der Waals surface area contributed by atoms with Gasteiger partial charge in [0.15, 0.2) is 0 Å². The summed E-state index contributed by atoms with van der Waals surface area (Å²) in [5.74, 6) is -0.0891. The van der Waals surface area contributed by atoms with Crippen molar-refractivity contribution in [1.29, 1.82) is 0 Å². The summed E-state index contributed by atoms with van der Waals surface area (Å²) >= 11 is 0. The molecule has 0 aromatic carbocycles. The lowest BCUT2D eigenvalue weighted by Gasteiger charge is -2.34. The summed E-state index contributed by atoms with van der Waals surface area (Å²) < 4.78 is 0.921. The number of nitrogens with zero attached hydrogens (tertiary/aromatic N) is 2. The van der Waals surface area contributed by atoms with Crippen LogP contribution in [0, 0.1) is 0 Å². The predicted molar refractivity (Wildman–Crippen MR) is 71.1 cm³/mol. The lowest BCUT2D eigenvalue weighted by Crippen LogP contribution is -2.51. The molecule has 104 valence electrons. The van der Waals surface area contributed by atoms with Crippen molar-refractivity contribution in [2.24, 2.45) is 0 Å². The van der Waals surface area contributed by atoms with Crippen molar-refractivity contribution in [1.82, 2.24) is 10.2 Å². The maximum absolute atomic E-state index is 12.2. The highest BCUT2D eigenvalue weighted by molar-refractivity contribution is 6.06. The highest BCUT2D eigenvalue weighted by Crippen LogP contribution is 2.22. The maximum atomic E-state index is 12.2. The van der Waals surface area contributed by atoms with Crippen molar-refractivity contribution >= 4 is 11.9 Å². The summed E-state index contributed by atoms with van der Waals surface area (Å²) in [4.78, 5) is 25.2. The monoisotopic (exact) mass is 256 g/mol. The maximum Gasteiger partial charge on any atom is 0.325 e. The van der Waals surface area contributed by atoms with Crippen molar-refractivity contribution in [3.05, 3.63) is 0 Å². The molecule has 0 aromatic rings. The van der Waals surface area contributed by atoms with Crippen LogP contribution in [0.2, 0.25) is 0 Å². The third-order valence-electron chi connectivity index (χ3n) is 4.34. The highest BCUT2D eigenvalue weighted by Gasteiger charge is 2.47. The van der Waals surface area contributed by atoms with Gasteiger partial charge in [0.05, 0.1) is 26.7 Å². The average molecular weight is 256 g/mol. The number of carbonyl (C=O) groups excluding carboxylic acids is 2. The van der Waals surface area contributed by atoms with E-state index in [1.165, 1.54) is 4.90 Å². The van der Waals surface area contributed by atoms with Crippen LogP contribution in [0.25, 0.3) is 0 Å². The fourth-order valence-electron chi connectivity index (χ4n) is 2.24. The zero-order valence-corrected chi connectivity index (χ0v) is 12.2. The van der Waals surface area contributed by atoms with E-state index in [0.717, 1.165) is 24.1 Å². The van der Waals surface area contributed by atoms with Crippen LogP contribution in [0.1, 0.15) is 34.1 Å². The zero-order valence-electron chi connectivity index (χ0n) is 12.2. The molecule has 0 aliphatic carbocycles. The van der Waals surface area contributed by atoms with Crippen LogP contribution in [0.5, 0.6) is 0 Å². The van der Waals surface area contributed by atoms with Crippen molar-refractivity contribution in [3.63, 3.8) is 0 Å². The van der Waals surface area contributed by atoms with E-state index < -0.39 is 5.54 Å². The van der Waals surface area contributed by atoms with Gasteiger partial charge in [-0.3, -0.25) is 9.69 Å². The zero-order chi connectivity index (χ0) is 14.0. The Balaban J connectivity index is 2.73. The number of amides is 3. The summed E-state index contributed by atoms with van der Waals surface area (Å²) in [7, 11) is 2.18. The molecule has 1 fully saturated rings. The normalized spacial score (nSPS) is 24.6. The third-order valence-corrected chi connectivity index (χ3v) is 4.34. The Labute approximate surface area is 110 Å². The van der Waals surface area contributed by atoms with E-state index >= 15 is 0 Å². The smallest absolute Gasteiger partial charge is 0.325 e. The largest absolute Gasteiger partial charge is 0.326 e. The van der Waals surface area contributed by atoms with E-state index in [1.807, 2.05) is 13.8 Å². The van der Waals surface area contributed by atoms with Crippen LogP contribution in [0.15, 0.2) is 0 Å². The second kappa shape index (κ2) is 5.26. The van der Waals surface area contributed by atoms with Gasteiger partial charge in [0.1, 0.15) is 5.54 Å². The molecule has 0 radical (unpaired) electrons. The Morgan fingerprint density at radius 1 is 1.22 bits per heavy atom. The fourth-order valence-corrected chi connectivity index (χ4v) is 2.24. The molecular weight excluding hydrogens is 230 g/mol. The molecular formula is C13H26N3O2+. The molecule has 5 nitrogen and oxygen atoms in total. The topological polar surface area (TPSA) is 49.4 Å². The Hall–Kier alpha value is -1.10. The minimum Gasteiger partial charge on any atom is -0.326 e. The summed E-state index contributed by atoms with van der Waals surface area (Å²) in [6.45, 7) is 11.4. The summed E-state index contributed by atoms with van der Waals surface area (Å²) in [5, 5.41) is 2.83. The van der Waals surface area contributed by atoms with Gasteiger partial charge in [0, 0.05) is 13.0 Å². The molecule has 1 aliphatic heterocycles.